The second-order valence-corrected chi connectivity index (χ2v) is 3.89. The highest BCUT2D eigenvalue weighted by Crippen LogP contribution is 2.25. The Morgan fingerprint density at radius 3 is 2.61 bits per heavy atom. The lowest BCUT2D eigenvalue weighted by Crippen LogP contribution is -1.97. The monoisotopic (exact) mass is 245 g/mol. The van der Waals surface area contributed by atoms with Crippen molar-refractivity contribution in [1.29, 1.82) is 0 Å². The fourth-order valence-corrected chi connectivity index (χ4v) is 1.87. The summed E-state index contributed by atoms with van der Waals surface area (Å²) < 4.78 is 1.49. The number of benzene rings is 1. The predicted octanol–water partition coefficient (Wildman–Crippen LogP) is 2.26. The third-order valence-corrected chi connectivity index (χ3v) is 2.63. The maximum atomic E-state index is 10.2. The van der Waals surface area contributed by atoms with E-state index in [0.717, 1.165) is 5.69 Å². The number of para-hydroxylation sites is 1. The number of aromatic hydroxyl groups is 1. The summed E-state index contributed by atoms with van der Waals surface area (Å²) in [5.74, 6) is 0.0667. The molecule has 1 aromatic carbocycles. The Morgan fingerprint density at radius 2 is 2.00 bits per heavy atom. The number of rotatable bonds is 3. The zero-order valence-electron chi connectivity index (χ0n) is 10.6. The molecule has 5 heteroatoms. The highest BCUT2D eigenvalue weighted by Gasteiger charge is 2.18. The Balaban J connectivity index is 2.54. The van der Waals surface area contributed by atoms with E-state index in [1.807, 2.05) is 37.3 Å². The molecule has 0 spiro atoms. The van der Waals surface area contributed by atoms with Crippen LogP contribution in [-0.4, -0.2) is 27.7 Å². The molecule has 0 radical (unpaired) electrons. The molecule has 0 aliphatic heterocycles. The van der Waals surface area contributed by atoms with Crippen LogP contribution < -0.4 is 0 Å². The van der Waals surface area contributed by atoms with E-state index in [1.165, 1.54) is 11.8 Å². The fourth-order valence-electron chi connectivity index (χ4n) is 1.87. The molecule has 0 aliphatic rings. The van der Waals surface area contributed by atoms with E-state index in [-0.39, 0.29) is 5.88 Å². The van der Waals surface area contributed by atoms with Crippen LogP contribution in [0.2, 0.25) is 0 Å². The van der Waals surface area contributed by atoms with Gasteiger partial charge in [0.05, 0.1) is 22.7 Å². The molecule has 0 atom stereocenters. The SMILES string of the molecule is CO/N=C(\C)c1c(C)nn(-c2ccccc2)c1O. The average molecular weight is 245 g/mol. The molecule has 0 bridgehead atoms. The standard InChI is InChI=1S/C13H15N3O2/c1-9-12(10(2)15-18-3)13(17)16(14-9)11-7-5-4-6-8-11/h4-8,17H,1-3H3/b15-10+. The summed E-state index contributed by atoms with van der Waals surface area (Å²) in [7, 11) is 1.47. The van der Waals surface area contributed by atoms with Crippen molar-refractivity contribution in [2.24, 2.45) is 5.16 Å². The van der Waals surface area contributed by atoms with Crippen molar-refractivity contribution in [3.8, 4) is 11.6 Å². The smallest absolute Gasteiger partial charge is 0.223 e. The van der Waals surface area contributed by atoms with Crippen LogP contribution in [0.4, 0.5) is 0 Å². The quantitative estimate of drug-likeness (QED) is 0.666. The summed E-state index contributed by atoms with van der Waals surface area (Å²) in [6, 6.07) is 9.44. The van der Waals surface area contributed by atoms with Crippen molar-refractivity contribution in [2.45, 2.75) is 13.8 Å². The molecule has 0 unspecified atom stereocenters. The third-order valence-electron chi connectivity index (χ3n) is 2.63. The van der Waals surface area contributed by atoms with E-state index in [0.29, 0.717) is 17.0 Å². The van der Waals surface area contributed by atoms with Gasteiger partial charge in [0.15, 0.2) is 0 Å². The first-order valence-corrected chi connectivity index (χ1v) is 5.57. The van der Waals surface area contributed by atoms with Gasteiger partial charge in [-0.1, -0.05) is 23.4 Å². The van der Waals surface area contributed by atoms with Crippen molar-refractivity contribution < 1.29 is 9.94 Å². The minimum Gasteiger partial charge on any atom is -0.493 e. The molecule has 94 valence electrons. The molecule has 1 aromatic heterocycles. The molecular weight excluding hydrogens is 230 g/mol. The van der Waals surface area contributed by atoms with E-state index >= 15 is 0 Å². The first-order valence-electron chi connectivity index (χ1n) is 5.57. The van der Waals surface area contributed by atoms with Crippen LogP contribution in [0.1, 0.15) is 18.2 Å². The first kappa shape index (κ1) is 12.2. The number of oxime groups is 1. The Kier molecular flexibility index (Phi) is 3.32. The van der Waals surface area contributed by atoms with Crippen LogP contribution in [0, 0.1) is 6.92 Å². The highest BCUT2D eigenvalue weighted by atomic mass is 16.6. The summed E-state index contributed by atoms with van der Waals surface area (Å²) >= 11 is 0. The second kappa shape index (κ2) is 4.91. The number of hydrogen-bond acceptors (Lipinski definition) is 4. The molecule has 0 fully saturated rings. The largest absolute Gasteiger partial charge is 0.493 e. The van der Waals surface area contributed by atoms with Gasteiger partial charge in [-0.2, -0.15) is 5.10 Å². The van der Waals surface area contributed by atoms with Gasteiger partial charge in [-0.3, -0.25) is 0 Å². The van der Waals surface area contributed by atoms with Crippen LogP contribution in [-0.2, 0) is 4.84 Å². The minimum absolute atomic E-state index is 0.0667. The van der Waals surface area contributed by atoms with Crippen molar-refractivity contribution in [2.75, 3.05) is 7.11 Å². The second-order valence-electron chi connectivity index (χ2n) is 3.89. The minimum atomic E-state index is 0.0667. The number of hydrogen-bond donors (Lipinski definition) is 1. The van der Waals surface area contributed by atoms with Crippen LogP contribution in [0.15, 0.2) is 35.5 Å². The molecule has 0 aliphatic carbocycles. The summed E-state index contributed by atoms with van der Waals surface area (Å²) in [5, 5.41) is 18.4. The Morgan fingerprint density at radius 1 is 1.33 bits per heavy atom. The van der Waals surface area contributed by atoms with E-state index in [1.54, 1.807) is 6.92 Å². The molecule has 1 N–H and O–H groups in total. The topological polar surface area (TPSA) is 59.6 Å². The maximum absolute atomic E-state index is 10.2. The zero-order valence-corrected chi connectivity index (χ0v) is 10.6. The molecule has 18 heavy (non-hydrogen) atoms. The van der Waals surface area contributed by atoms with Gasteiger partial charge in [0.25, 0.3) is 0 Å². The molecule has 0 saturated carbocycles. The molecule has 2 aromatic rings. The maximum Gasteiger partial charge on any atom is 0.223 e. The van der Waals surface area contributed by atoms with E-state index in [2.05, 4.69) is 10.3 Å². The van der Waals surface area contributed by atoms with E-state index in [9.17, 15) is 5.11 Å². The van der Waals surface area contributed by atoms with Crippen LogP contribution in [0.5, 0.6) is 5.88 Å². The number of aryl methyl sites for hydroxylation is 1. The van der Waals surface area contributed by atoms with Gasteiger partial charge in [0.2, 0.25) is 5.88 Å². The summed E-state index contributed by atoms with van der Waals surface area (Å²) in [5.41, 5.74) is 2.69. The van der Waals surface area contributed by atoms with Gasteiger partial charge in [0, 0.05) is 0 Å². The van der Waals surface area contributed by atoms with Crippen molar-refractivity contribution in [3.63, 3.8) is 0 Å². The summed E-state index contributed by atoms with van der Waals surface area (Å²) in [6.07, 6.45) is 0. The zero-order chi connectivity index (χ0) is 13.1. The van der Waals surface area contributed by atoms with E-state index < -0.39 is 0 Å². The summed E-state index contributed by atoms with van der Waals surface area (Å²) in [4.78, 5) is 4.72. The van der Waals surface area contributed by atoms with Gasteiger partial charge in [-0.05, 0) is 26.0 Å². The lowest BCUT2D eigenvalue weighted by atomic mass is 10.2. The lowest BCUT2D eigenvalue weighted by Gasteiger charge is -2.03. The van der Waals surface area contributed by atoms with Gasteiger partial charge < -0.3 is 9.94 Å². The van der Waals surface area contributed by atoms with Crippen molar-refractivity contribution >= 4 is 5.71 Å². The average Bonchev–Trinajstić information content (AvgIpc) is 2.66. The summed E-state index contributed by atoms with van der Waals surface area (Å²) in [6.45, 7) is 3.59. The molecule has 5 nitrogen and oxygen atoms in total. The van der Waals surface area contributed by atoms with Crippen molar-refractivity contribution in [1.82, 2.24) is 9.78 Å². The Hall–Kier alpha value is -2.30. The third kappa shape index (κ3) is 2.07. The highest BCUT2D eigenvalue weighted by molar-refractivity contribution is 6.01. The van der Waals surface area contributed by atoms with Gasteiger partial charge in [-0.25, -0.2) is 4.68 Å². The van der Waals surface area contributed by atoms with Gasteiger partial charge >= 0.3 is 0 Å². The van der Waals surface area contributed by atoms with Crippen LogP contribution >= 0.6 is 0 Å². The Bertz CT molecular complexity index is 573. The Labute approximate surface area is 105 Å². The molecule has 1 heterocycles. The van der Waals surface area contributed by atoms with Gasteiger partial charge in [-0.15, -0.1) is 0 Å². The number of nitrogens with zero attached hydrogens (tertiary/aromatic N) is 3. The molecule has 2 rings (SSSR count). The fraction of sp³-hybridized carbons (Fsp3) is 0.231. The molecule has 0 amide bonds. The van der Waals surface area contributed by atoms with E-state index in [4.69, 9.17) is 4.84 Å². The van der Waals surface area contributed by atoms with Gasteiger partial charge in [0.1, 0.15) is 7.11 Å². The molecular formula is C13H15N3O2. The first-order chi connectivity index (χ1) is 8.65. The lowest BCUT2D eigenvalue weighted by molar-refractivity contribution is 0.213. The van der Waals surface area contributed by atoms with Crippen molar-refractivity contribution in [3.05, 3.63) is 41.6 Å². The predicted molar refractivity (Wildman–Crippen MR) is 69.2 cm³/mol. The van der Waals surface area contributed by atoms with Crippen LogP contribution in [0.25, 0.3) is 5.69 Å². The molecule has 0 saturated heterocycles. The number of aromatic nitrogens is 2. The van der Waals surface area contributed by atoms with Crippen LogP contribution in [0.3, 0.4) is 0 Å². The normalized spacial score (nSPS) is 11.6.